The highest BCUT2D eigenvalue weighted by molar-refractivity contribution is 7.18. The fourth-order valence-corrected chi connectivity index (χ4v) is 4.13. The van der Waals surface area contributed by atoms with E-state index >= 15 is 0 Å². The van der Waals surface area contributed by atoms with Crippen LogP contribution in [0.3, 0.4) is 0 Å². The number of methoxy groups -OCH3 is 1. The molecule has 8 nitrogen and oxygen atoms in total. The first kappa shape index (κ1) is 22.8. The molecule has 0 radical (unpaired) electrons. The van der Waals surface area contributed by atoms with Crippen LogP contribution >= 0.6 is 11.3 Å². The molecule has 31 heavy (non-hydrogen) atoms. The second kappa shape index (κ2) is 9.09. The van der Waals surface area contributed by atoms with Gasteiger partial charge in [-0.15, -0.1) is 0 Å². The maximum absolute atomic E-state index is 14.0. The first-order valence-corrected chi connectivity index (χ1v) is 10.8. The number of hydrogen-bond donors (Lipinski definition) is 2. The number of aromatic nitrogens is 1. The summed E-state index contributed by atoms with van der Waals surface area (Å²) in [7, 11) is 1.36. The Balaban J connectivity index is 1.61. The van der Waals surface area contributed by atoms with Crippen molar-refractivity contribution < 1.29 is 23.5 Å². The van der Waals surface area contributed by atoms with E-state index in [0.29, 0.717) is 31.1 Å². The summed E-state index contributed by atoms with van der Waals surface area (Å²) in [6.45, 7) is 6.64. The highest BCUT2D eigenvalue weighted by Crippen LogP contribution is 2.30. The highest BCUT2D eigenvalue weighted by Gasteiger charge is 2.28. The van der Waals surface area contributed by atoms with Crippen molar-refractivity contribution in [1.82, 2.24) is 9.88 Å². The minimum Gasteiger partial charge on any atom is -0.494 e. The number of hydrogen-bond acceptors (Lipinski definition) is 8. The Morgan fingerprint density at radius 3 is 2.55 bits per heavy atom. The molecule has 1 aromatic carbocycles. The van der Waals surface area contributed by atoms with Crippen molar-refractivity contribution in [1.29, 1.82) is 0 Å². The van der Waals surface area contributed by atoms with Gasteiger partial charge in [-0.05, 0) is 51.8 Å². The maximum Gasteiger partial charge on any atom is 0.410 e. The summed E-state index contributed by atoms with van der Waals surface area (Å²) >= 11 is 1.13. The van der Waals surface area contributed by atoms with Crippen LogP contribution in [0.4, 0.5) is 20.1 Å². The number of amides is 1. The minimum atomic E-state index is -0.619. The first-order chi connectivity index (χ1) is 14.6. The monoisotopic (exact) mass is 450 g/mol. The maximum atomic E-state index is 14.0. The summed E-state index contributed by atoms with van der Waals surface area (Å²) in [5.41, 5.74) is 5.59. The number of anilines is 2. The third-order valence-corrected chi connectivity index (χ3v) is 5.75. The SMILES string of the molecule is COc1ccc(C(=O)c2sc(NC3CCN(C(=O)OC(C)(C)C)CC3)nc2N)cc1F. The number of thiazole rings is 1. The van der Waals surface area contributed by atoms with Gasteiger partial charge in [0.25, 0.3) is 0 Å². The zero-order chi connectivity index (χ0) is 22.8. The molecule has 0 unspecified atom stereocenters. The lowest BCUT2D eigenvalue weighted by Gasteiger charge is -2.33. The van der Waals surface area contributed by atoms with Gasteiger partial charge in [0, 0.05) is 24.7 Å². The number of halogens is 1. The van der Waals surface area contributed by atoms with Crippen LogP contribution in [0.2, 0.25) is 0 Å². The molecule has 1 aliphatic heterocycles. The summed E-state index contributed by atoms with van der Waals surface area (Å²) in [5, 5.41) is 3.81. The molecule has 0 spiro atoms. The van der Waals surface area contributed by atoms with Gasteiger partial charge in [0.1, 0.15) is 16.3 Å². The molecule has 1 amide bonds. The van der Waals surface area contributed by atoms with Gasteiger partial charge in [0.05, 0.1) is 7.11 Å². The van der Waals surface area contributed by atoms with Gasteiger partial charge in [-0.3, -0.25) is 4.79 Å². The molecule has 1 aromatic heterocycles. The Kier molecular flexibility index (Phi) is 6.68. The molecule has 10 heteroatoms. The smallest absolute Gasteiger partial charge is 0.410 e. The van der Waals surface area contributed by atoms with Gasteiger partial charge in [-0.1, -0.05) is 11.3 Å². The van der Waals surface area contributed by atoms with Crippen LogP contribution in [-0.2, 0) is 4.74 Å². The molecule has 168 valence electrons. The topological polar surface area (TPSA) is 107 Å². The number of carbonyl (C=O) groups is 2. The van der Waals surface area contributed by atoms with Crippen LogP contribution in [0.15, 0.2) is 18.2 Å². The molecular weight excluding hydrogens is 423 g/mol. The second-order valence-corrected chi connectivity index (χ2v) is 9.30. The van der Waals surface area contributed by atoms with Crippen molar-refractivity contribution in [3.8, 4) is 5.75 Å². The number of nitrogens with zero attached hydrogens (tertiary/aromatic N) is 2. The van der Waals surface area contributed by atoms with Crippen molar-refractivity contribution in [2.45, 2.75) is 45.3 Å². The molecule has 3 rings (SSSR count). The average molecular weight is 451 g/mol. The van der Waals surface area contributed by atoms with E-state index in [-0.39, 0.29) is 34.1 Å². The fraction of sp³-hybridized carbons (Fsp3) is 0.476. The lowest BCUT2D eigenvalue weighted by molar-refractivity contribution is 0.0210. The van der Waals surface area contributed by atoms with Gasteiger partial charge >= 0.3 is 6.09 Å². The summed E-state index contributed by atoms with van der Waals surface area (Å²) in [6, 6.07) is 4.10. The zero-order valence-electron chi connectivity index (χ0n) is 18.0. The lowest BCUT2D eigenvalue weighted by atomic mass is 10.1. The third-order valence-electron chi connectivity index (χ3n) is 4.75. The van der Waals surface area contributed by atoms with Gasteiger partial charge in [-0.2, -0.15) is 0 Å². The summed E-state index contributed by atoms with van der Waals surface area (Å²) in [4.78, 5) is 31.1. The Morgan fingerprint density at radius 1 is 1.29 bits per heavy atom. The van der Waals surface area contributed by atoms with E-state index in [1.165, 1.54) is 19.2 Å². The zero-order valence-corrected chi connectivity index (χ0v) is 18.8. The number of carbonyl (C=O) groups excluding carboxylic acids is 2. The summed E-state index contributed by atoms with van der Waals surface area (Å²) < 4.78 is 24.2. The Bertz CT molecular complexity index is 965. The molecule has 0 saturated carbocycles. The Hall–Kier alpha value is -2.88. The molecule has 0 aliphatic carbocycles. The number of nitrogens with one attached hydrogen (secondary N) is 1. The summed E-state index contributed by atoms with van der Waals surface area (Å²) in [6.07, 6.45) is 1.11. The molecule has 2 aromatic rings. The van der Waals surface area contributed by atoms with Crippen LogP contribution in [0.5, 0.6) is 5.75 Å². The number of benzene rings is 1. The average Bonchev–Trinajstić information content (AvgIpc) is 3.06. The quantitative estimate of drug-likeness (QED) is 0.665. The number of nitrogen functional groups attached to an aromatic ring is 1. The predicted octanol–water partition coefficient (Wildman–Crippen LogP) is 3.92. The van der Waals surface area contributed by atoms with E-state index in [4.69, 9.17) is 15.2 Å². The molecule has 0 bridgehead atoms. The molecular formula is C21H27FN4O4S. The number of ether oxygens (including phenoxy) is 2. The molecule has 0 atom stereocenters. The normalized spacial score (nSPS) is 14.9. The molecule has 3 N–H and O–H groups in total. The second-order valence-electron chi connectivity index (χ2n) is 8.30. The summed E-state index contributed by atoms with van der Waals surface area (Å²) in [5.74, 6) is -0.857. The van der Waals surface area contributed by atoms with Crippen molar-refractivity contribution in [3.63, 3.8) is 0 Å². The van der Waals surface area contributed by atoms with Crippen molar-refractivity contribution in [3.05, 3.63) is 34.5 Å². The van der Waals surface area contributed by atoms with Crippen LogP contribution in [0.25, 0.3) is 0 Å². The molecule has 2 heterocycles. The number of piperidine rings is 1. The standard InChI is InChI=1S/C21H27FN4O4S/c1-21(2,3)30-20(28)26-9-7-13(8-10-26)24-19-25-18(23)17(31-19)16(27)12-5-6-15(29-4)14(22)11-12/h5-6,11,13H,7-10,23H2,1-4H3,(H,24,25). The van der Waals surface area contributed by atoms with E-state index < -0.39 is 17.2 Å². The molecule has 1 aliphatic rings. The molecule has 1 fully saturated rings. The van der Waals surface area contributed by atoms with Crippen molar-refractivity contribution in [2.75, 3.05) is 31.2 Å². The fourth-order valence-electron chi connectivity index (χ4n) is 3.20. The third kappa shape index (κ3) is 5.63. The van der Waals surface area contributed by atoms with Gasteiger partial charge in [0.15, 0.2) is 16.7 Å². The predicted molar refractivity (Wildman–Crippen MR) is 117 cm³/mol. The van der Waals surface area contributed by atoms with E-state index in [1.807, 2.05) is 20.8 Å². The van der Waals surface area contributed by atoms with Gasteiger partial charge < -0.3 is 25.4 Å². The van der Waals surface area contributed by atoms with Crippen LogP contribution in [0, 0.1) is 5.82 Å². The van der Waals surface area contributed by atoms with E-state index in [1.54, 1.807) is 4.90 Å². The lowest BCUT2D eigenvalue weighted by Crippen LogP contribution is -2.44. The van der Waals surface area contributed by atoms with Crippen molar-refractivity contribution >= 4 is 34.2 Å². The van der Waals surface area contributed by atoms with Gasteiger partial charge in [-0.25, -0.2) is 14.2 Å². The van der Waals surface area contributed by atoms with Crippen molar-refractivity contribution in [2.24, 2.45) is 0 Å². The number of ketones is 1. The Morgan fingerprint density at radius 2 is 1.97 bits per heavy atom. The van der Waals surface area contributed by atoms with Crippen LogP contribution in [-0.4, -0.2) is 53.6 Å². The largest absolute Gasteiger partial charge is 0.494 e. The number of rotatable bonds is 5. The van der Waals surface area contributed by atoms with E-state index in [2.05, 4.69) is 10.3 Å². The Labute approximate surface area is 184 Å². The number of likely N-dealkylation sites (tertiary alicyclic amines) is 1. The highest BCUT2D eigenvalue weighted by atomic mass is 32.1. The minimum absolute atomic E-state index is 0.0638. The van der Waals surface area contributed by atoms with E-state index in [9.17, 15) is 14.0 Å². The van der Waals surface area contributed by atoms with Crippen LogP contribution < -0.4 is 15.8 Å². The van der Waals surface area contributed by atoms with Gasteiger partial charge in [0.2, 0.25) is 5.78 Å². The number of nitrogens with two attached hydrogens (primary N) is 1. The van der Waals surface area contributed by atoms with Crippen LogP contribution in [0.1, 0.15) is 48.8 Å². The van der Waals surface area contributed by atoms with E-state index in [0.717, 1.165) is 17.4 Å². The molecule has 1 saturated heterocycles. The first-order valence-electron chi connectivity index (χ1n) is 9.96.